The average Bonchev–Trinajstić information content (AvgIpc) is 2.79. The molecule has 1 heterocycles. The molecule has 0 radical (unpaired) electrons. The van der Waals surface area contributed by atoms with Crippen LogP contribution in [0.25, 0.3) is 0 Å². The molecule has 1 aliphatic rings. The quantitative estimate of drug-likeness (QED) is 0.251. The van der Waals surface area contributed by atoms with E-state index in [1.165, 1.54) is 16.7 Å². The topological polar surface area (TPSA) is 71.7 Å². The fraction of sp³-hybridized carbons (Fsp3) is 0.480. The molecule has 0 aromatic heterocycles. The summed E-state index contributed by atoms with van der Waals surface area (Å²) in [6.45, 7) is 8.66. The lowest BCUT2D eigenvalue weighted by atomic mass is 9.88. The molecule has 0 amide bonds. The summed E-state index contributed by atoms with van der Waals surface area (Å²) in [5.74, 6) is 0.477. The van der Waals surface area contributed by atoms with Gasteiger partial charge in [-0.2, -0.15) is 0 Å². The Kier molecular flexibility index (Phi) is 10.3. The number of ether oxygens (including phenoxy) is 1. The summed E-state index contributed by atoms with van der Waals surface area (Å²) >= 11 is 0. The van der Waals surface area contributed by atoms with Crippen molar-refractivity contribution < 1.29 is 4.74 Å². The largest absolute Gasteiger partial charge is 0.381 e. The molecule has 0 saturated carbocycles. The molecule has 2 aromatic carbocycles. The van der Waals surface area contributed by atoms with E-state index in [0.29, 0.717) is 12.5 Å². The first-order chi connectivity index (χ1) is 14.6. The van der Waals surface area contributed by atoms with E-state index in [2.05, 4.69) is 79.9 Å². The number of nitrogens with two attached hydrogens (primary N) is 1. The minimum atomic E-state index is -0.113. The van der Waals surface area contributed by atoms with E-state index in [1.54, 1.807) is 0 Å². The second-order valence-corrected chi connectivity index (χ2v) is 8.15. The Bertz CT molecular complexity index is 812. The van der Waals surface area contributed by atoms with E-state index in [1.807, 2.05) is 0 Å². The summed E-state index contributed by atoms with van der Waals surface area (Å²) in [4.78, 5) is 4.78. The third-order valence-corrected chi connectivity index (χ3v) is 6.08. The third-order valence-electron chi connectivity index (χ3n) is 6.08. The number of halogens is 1. The lowest BCUT2D eigenvalue weighted by Crippen LogP contribution is -2.53. The van der Waals surface area contributed by atoms with Crippen LogP contribution in [0, 0.1) is 0 Å². The zero-order chi connectivity index (χ0) is 21.4. The highest BCUT2D eigenvalue weighted by molar-refractivity contribution is 14.0. The number of hydrogen-bond acceptors (Lipinski definition) is 3. The molecular weight excluding hydrogens is 499 g/mol. The SMILES string of the molecule is CCc1cccc(CC)c1NC(N)=NCC1(NC(C)c2ccccc2)CCOCC1.I. The van der Waals surface area contributed by atoms with Gasteiger partial charge in [-0.3, -0.25) is 4.99 Å². The number of nitrogens with one attached hydrogen (secondary N) is 2. The van der Waals surface area contributed by atoms with Crippen molar-refractivity contribution in [2.45, 2.75) is 58.0 Å². The summed E-state index contributed by atoms with van der Waals surface area (Å²) in [5.41, 5.74) is 11.2. The molecule has 1 aliphatic heterocycles. The Balaban J connectivity index is 0.00000341. The lowest BCUT2D eigenvalue weighted by molar-refractivity contribution is 0.0375. The van der Waals surface area contributed by atoms with Crippen LogP contribution in [0.2, 0.25) is 0 Å². The Hall–Kier alpha value is -1.64. The van der Waals surface area contributed by atoms with Crippen LogP contribution >= 0.6 is 24.0 Å². The maximum Gasteiger partial charge on any atom is 0.193 e. The van der Waals surface area contributed by atoms with Crippen LogP contribution in [0.1, 0.15) is 56.3 Å². The number of benzene rings is 2. The number of aryl methyl sites for hydroxylation is 2. The fourth-order valence-electron chi connectivity index (χ4n) is 4.20. The van der Waals surface area contributed by atoms with Crippen LogP contribution in [0.5, 0.6) is 0 Å². The van der Waals surface area contributed by atoms with Crippen molar-refractivity contribution in [1.29, 1.82) is 0 Å². The molecule has 1 saturated heterocycles. The highest BCUT2D eigenvalue weighted by Crippen LogP contribution is 2.26. The summed E-state index contributed by atoms with van der Waals surface area (Å²) < 4.78 is 5.64. The predicted molar refractivity (Wildman–Crippen MR) is 142 cm³/mol. The van der Waals surface area contributed by atoms with Gasteiger partial charge in [0, 0.05) is 30.5 Å². The highest BCUT2D eigenvalue weighted by atomic mass is 127. The van der Waals surface area contributed by atoms with Gasteiger partial charge in [0.15, 0.2) is 5.96 Å². The first-order valence-electron chi connectivity index (χ1n) is 11.1. The van der Waals surface area contributed by atoms with Crippen LogP contribution in [-0.4, -0.2) is 31.3 Å². The number of rotatable bonds is 8. The molecule has 5 nitrogen and oxygen atoms in total. The molecule has 0 bridgehead atoms. The highest BCUT2D eigenvalue weighted by Gasteiger charge is 2.34. The molecule has 170 valence electrons. The maximum atomic E-state index is 6.35. The second kappa shape index (κ2) is 12.4. The van der Waals surface area contributed by atoms with Crippen LogP contribution in [-0.2, 0) is 17.6 Å². The third kappa shape index (κ3) is 6.92. The Morgan fingerprint density at radius 1 is 1.03 bits per heavy atom. The van der Waals surface area contributed by atoms with Gasteiger partial charge >= 0.3 is 0 Å². The van der Waals surface area contributed by atoms with Gasteiger partial charge in [0.05, 0.1) is 6.54 Å². The first kappa shape index (κ1) is 25.6. The predicted octanol–water partition coefficient (Wildman–Crippen LogP) is 5.06. The number of aliphatic imine (C=N–C) groups is 1. The van der Waals surface area contributed by atoms with Gasteiger partial charge < -0.3 is 21.1 Å². The van der Waals surface area contributed by atoms with Gasteiger partial charge in [0.2, 0.25) is 0 Å². The van der Waals surface area contributed by atoms with Crippen molar-refractivity contribution in [3.05, 3.63) is 65.2 Å². The number of para-hydroxylation sites is 1. The van der Waals surface area contributed by atoms with Gasteiger partial charge in [0.1, 0.15) is 0 Å². The Morgan fingerprint density at radius 2 is 1.65 bits per heavy atom. The molecule has 31 heavy (non-hydrogen) atoms. The standard InChI is InChI=1S/C25H36N4O.HI/c1-4-20-12-9-13-21(5-2)23(20)28-24(26)27-18-25(14-16-30-17-15-25)29-19(3)22-10-7-6-8-11-22;/h6-13,19,29H,4-5,14-18H2,1-3H3,(H3,26,27,28);1H. The number of guanidine groups is 1. The van der Waals surface area contributed by atoms with Crippen molar-refractivity contribution in [2.24, 2.45) is 10.7 Å². The molecule has 2 aromatic rings. The summed E-state index contributed by atoms with van der Waals surface area (Å²) in [7, 11) is 0. The number of hydrogen-bond donors (Lipinski definition) is 3. The van der Waals surface area contributed by atoms with Crippen molar-refractivity contribution in [3.8, 4) is 0 Å². The smallest absolute Gasteiger partial charge is 0.193 e. The van der Waals surface area contributed by atoms with Gasteiger partial charge in [-0.15, -0.1) is 24.0 Å². The summed E-state index contributed by atoms with van der Waals surface area (Å²) in [5, 5.41) is 7.23. The second-order valence-electron chi connectivity index (χ2n) is 8.15. The Morgan fingerprint density at radius 3 is 2.23 bits per heavy atom. The van der Waals surface area contributed by atoms with E-state index in [0.717, 1.165) is 44.6 Å². The number of nitrogens with zero attached hydrogens (tertiary/aromatic N) is 1. The molecule has 1 atom stereocenters. The first-order valence-corrected chi connectivity index (χ1v) is 11.1. The van der Waals surface area contributed by atoms with Crippen LogP contribution in [0.15, 0.2) is 53.5 Å². The normalized spacial score (nSPS) is 16.9. The Labute approximate surface area is 204 Å². The minimum absolute atomic E-state index is 0. The summed E-state index contributed by atoms with van der Waals surface area (Å²) in [6, 6.07) is 17.2. The van der Waals surface area contributed by atoms with Crippen molar-refractivity contribution in [2.75, 3.05) is 25.1 Å². The van der Waals surface area contributed by atoms with E-state index >= 15 is 0 Å². The zero-order valence-electron chi connectivity index (χ0n) is 19.0. The fourth-order valence-corrected chi connectivity index (χ4v) is 4.20. The molecule has 1 unspecified atom stereocenters. The minimum Gasteiger partial charge on any atom is -0.381 e. The maximum absolute atomic E-state index is 6.35. The molecule has 0 aliphatic carbocycles. The van der Waals surface area contributed by atoms with Crippen LogP contribution in [0.4, 0.5) is 5.69 Å². The van der Waals surface area contributed by atoms with Crippen molar-refractivity contribution in [1.82, 2.24) is 5.32 Å². The van der Waals surface area contributed by atoms with E-state index < -0.39 is 0 Å². The van der Waals surface area contributed by atoms with Crippen LogP contribution < -0.4 is 16.4 Å². The molecular formula is C25H37IN4O. The monoisotopic (exact) mass is 536 g/mol. The molecule has 4 N–H and O–H groups in total. The molecule has 3 rings (SSSR count). The van der Waals surface area contributed by atoms with E-state index in [9.17, 15) is 0 Å². The average molecular weight is 537 g/mol. The number of anilines is 1. The van der Waals surface area contributed by atoms with Crippen molar-refractivity contribution >= 4 is 35.6 Å². The van der Waals surface area contributed by atoms with E-state index in [4.69, 9.17) is 15.5 Å². The van der Waals surface area contributed by atoms with Gasteiger partial charge in [-0.25, -0.2) is 0 Å². The zero-order valence-corrected chi connectivity index (χ0v) is 21.3. The molecule has 0 spiro atoms. The van der Waals surface area contributed by atoms with E-state index in [-0.39, 0.29) is 35.6 Å². The summed E-state index contributed by atoms with van der Waals surface area (Å²) in [6.07, 6.45) is 3.77. The van der Waals surface area contributed by atoms with Crippen molar-refractivity contribution in [3.63, 3.8) is 0 Å². The molecule has 1 fully saturated rings. The van der Waals surface area contributed by atoms with Crippen LogP contribution in [0.3, 0.4) is 0 Å². The van der Waals surface area contributed by atoms with Gasteiger partial charge in [-0.1, -0.05) is 62.4 Å². The molecule has 6 heteroatoms. The lowest BCUT2D eigenvalue weighted by Gasteiger charge is -2.39. The van der Waals surface area contributed by atoms with Gasteiger partial charge in [0.25, 0.3) is 0 Å². The van der Waals surface area contributed by atoms with Gasteiger partial charge in [-0.05, 0) is 49.3 Å².